The highest BCUT2D eigenvalue weighted by Crippen LogP contribution is 2.37. The fourth-order valence-corrected chi connectivity index (χ4v) is 4.34. The van der Waals surface area contributed by atoms with Crippen LogP contribution in [-0.4, -0.2) is 23.4 Å². The van der Waals surface area contributed by atoms with Crippen LogP contribution in [0.25, 0.3) is 0 Å². The van der Waals surface area contributed by atoms with Crippen LogP contribution in [0, 0.1) is 11.8 Å². The average molecular weight is 278 g/mol. The summed E-state index contributed by atoms with van der Waals surface area (Å²) >= 11 is 1.70. The van der Waals surface area contributed by atoms with Crippen molar-refractivity contribution in [2.24, 2.45) is 11.8 Å². The smallest absolute Gasteiger partial charge is 0.238 e. The van der Waals surface area contributed by atoms with Crippen LogP contribution < -0.4 is 5.32 Å². The molecule has 2 fully saturated rings. The summed E-state index contributed by atoms with van der Waals surface area (Å²) < 4.78 is 0. The molecule has 0 radical (unpaired) electrons. The minimum atomic E-state index is 0.0969. The molecule has 104 valence electrons. The number of hydrogen-bond donors (Lipinski definition) is 1. The third kappa shape index (κ3) is 2.43. The molecule has 2 heterocycles. The van der Waals surface area contributed by atoms with E-state index in [1.54, 1.807) is 11.3 Å². The maximum Gasteiger partial charge on any atom is 0.238 e. The predicted octanol–water partition coefficient (Wildman–Crippen LogP) is 3.00. The van der Waals surface area contributed by atoms with Crippen molar-refractivity contribution in [2.45, 2.75) is 45.3 Å². The largest absolute Gasteiger partial charge is 0.319 e. The maximum atomic E-state index is 12.3. The van der Waals surface area contributed by atoms with E-state index in [0.29, 0.717) is 18.5 Å². The Morgan fingerprint density at radius 2 is 2.21 bits per heavy atom. The normalized spacial score (nSPS) is 35.9. The number of carbonyl (C=O) groups is 1. The van der Waals surface area contributed by atoms with Crippen LogP contribution in [0.1, 0.15) is 44.8 Å². The fraction of sp³-hybridized carbons (Fsp3) is 0.667. The molecule has 1 amide bonds. The Morgan fingerprint density at radius 1 is 1.37 bits per heavy atom. The lowest BCUT2D eigenvalue weighted by Gasteiger charge is -2.41. The number of nitrogens with one attached hydrogen (secondary N) is 1. The minimum Gasteiger partial charge on any atom is -0.319 e. The van der Waals surface area contributed by atoms with E-state index in [1.807, 2.05) is 0 Å². The predicted molar refractivity (Wildman–Crippen MR) is 77.9 cm³/mol. The van der Waals surface area contributed by atoms with Crippen molar-refractivity contribution < 1.29 is 4.79 Å². The first-order chi connectivity index (χ1) is 9.16. The molecule has 4 atom stereocenters. The van der Waals surface area contributed by atoms with Gasteiger partial charge in [0.05, 0.1) is 6.54 Å². The highest BCUT2D eigenvalue weighted by atomic mass is 32.1. The molecule has 3 rings (SSSR count). The van der Waals surface area contributed by atoms with Gasteiger partial charge in [-0.25, -0.2) is 0 Å². The van der Waals surface area contributed by atoms with Crippen molar-refractivity contribution in [3.63, 3.8) is 0 Å². The van der Waals surface area contributed by atoms with Crippen LogP contribution >= 0.6 is 11.3 Å². The van der Waals surface area contributed by atoms with Crippen molar-refractivity contribution in [3.8, 4) is 0 Å². The van der Waals surface area contributed by atoms with Crippen LogP contribution in [0.15, 0.2) is 16.8 Å². The highest BCUT2D eigenvalue weighted by Gasteiger charge is 2.40. The molecule has 1 aromatic heterocycles. The van der Waals surface area contributed by atoms with Gasteiger partial charge in [-0.05, 0) is 53.5 Å². The van der Waals surface area contributed by atoms with Gasteiger partial charge in [-0.3, -0.25) is 10.1 Å². The van der Waals surface area contributed by atoms with E-state index in [-0.39, 0.29) is 12.1 Å². The summed E-state index contributed by atoms with van der Waals surface area (Å²) in [5.41, 5.74) is 1.24. The van der Waals surface area contributed by atoms with Gasteiger partial charge in [0.25, 0.3) is 0 Å². The van der Waals surface area contributed by atoms with Crippen molar-refractivity contribution in [1.29, 1.82) is 0 Å². The number of carbonyl (C=O) groups excluding carboxylic acids is 1. The number of rotatable bonds is 2. The quantitative estimate of drug-likeness (QED) is 0.902. The van der Waals surface area contributed by atoms with E-state index >= 15 is 0 Å². The Bertz CT molecular complexity index is 445. The zero-order chi connectivity index (χ0) is 13.4. The number of thiophene rings is 1. The Kier molecular flexibility index (Phi) is 3.63. The SMILES string of the molecule is CC1CCC(N2C(=O)CNC2c2ccsc2)C(C)C1. The second kappa shape index (κ2) is 5.25. The van der Waals surface area contributed by atoms with Crippen molar-refractivity contribution in [2.75, 3.05) is 6.54 Å². The summed E-state index contributed by atoms with van der Waals surface area (Å²) in [7, 11) is 0. The molecule has 2 aliphatic rings. The molecular formula is C15H22N2OS. The van der Waals surface area contributed by atoms with Gasteiger partial charge in [0.15, 0.2) is 0 Å². The third-order valence-electron chi connectivity index (χ3n) is 4.62. The van der Waals surface area contributed by atoms with E-state index in [0.717, 1.165) is 12.3 Å². The lowest BCUT2D eigenvalue weighted by Crippen LogP contribution is -2.45. The van der Waals surface area contributed by atoms with Gasteiger partial charge in [-0.2, -0.15) is 11.3 Å². The van der Waals surface area contributed by atoms with Crippen LogP contribution in [-0.2, 0) is 4.79 Å². The summed E-state index contributed by atoms with van der Waals surface area (Å²) in [6.45, 7) is 5.11. The Balaban J connectivity index is 1.82. The Labute approximate surface area is 119 Å². The summed E-state index contributed by atoms with van der Waals surface area (Å²) in [4.78, 5) is 14.4. The molecule has 19 heavy (non-hydrogen) atoms. The molecule has 1 saturated heterocycles. The van der Waals surface area contributed by atoms with Crippen molar-refractivity contribution >= 4 is 17.2 Å². The maximum absolute atomic E-state index is 12.3. The van der Waals surface area contributed by atoms with E-state index in [4.69, 9.17) is 0 Å². The van der Waals surface area contributed by atoms with E-state index in [9.17, 15) is 4.79 Å². The average Bonchev–Trinajstić information content (AvgIpc) is 2.99. The molecule has 0 spiro atoms. The van der Waals surface area contributed by atoms with Gasteiger partial charge in [-0.1, -0.05) is 13.8 Å². The summed E-state index contributed by atoms with van der Waals surface area (Å²) in [5.74, 6) is 1.67. The van der Waals surface area contributed by atoms with Crippen LogP contribution in [0.3, 0.4) is 0 Å². The summed E-state index contributed by atoms with van der Waals surface area (Å²) in [6, 6.07) is 2.54. The molecular weight excluding hydrogens is 256 g/mol. The van der Waals surface area contributed by atoms with Gasteiger partial charge in [0.1, 0.15) is 6.17 Å². The Hall–Kier alpha value is -0.870. The first kappa shape index (κ1) is 13.1. The molecule has 0 aromatic carbocycles. The molecule has 1 N–H and O–H groups in total. The highest BCUT2D eigenvalue weighted by molar-refractivity contribution is 7.07. The second-order valence-corrected chi connectivity index (χ2v) is 6.88. The third-order valence-corrected chi connectivity index (χ3v) is 5.32. The second-order valence-electron chi connectivity index (χ2n) is 6.10. The summed E-state index contributed by atoms with van der Waals surface area (Å²) in [5, 5.41) is 7.61. The molecule has 1 aliphatic carbocycles. The van der Waals surface area contributed by atoms with Gasteiger partial charge >= 0.3 is 0 Å². The van der Waals surface area contributed by atoms with Gasteiger partial charge in [0, 0.05) is 6.04 Å². The van der Waals surface area contributed by atoms with Crippen LogP contribution in [0.2, 0.25) is 0 Å². The molecule has 1 aromatic rings. The number of nitrogens with zero attached hydrogens (tertiary/aromatic N) is 1. The van der Waals surface area contributed by atoms with Gasteiger partial charge in [-0.15, -0.1) is 0 Å². The monoisotopic (exact) mass is 278 g/mol. The van der Waals surface area contributed by atoms with Gasteiger partial charge < -0.3 is 4.90 Å². The zero-order valence-corrected chi connectivity index (χ0v) is 12.5. The van der Waals surface area contributed by atoms with Crippen molar-refractivity contribution in [3.05, 3.63) is 22.4 Å². The lowest BCUT2D eigenvalue weighted by molar-refractivity contribution is -0.132. The number of amides is 1. The molecule has 1 saturated carbocycles. The van der Waals surface area contributed by atoms with Crippen molar-refractivity contribution in [1.82, 2.24) is 10.2 Å². The van der Waals surface area contributed by atoms with Crippen LogP contribution in [0.4, 0.5) is 0 Å². The standard InChI is InChI=1S/C15H22N2OS/c1-10-3-4-13(11(2)7-10)17-14(18)8-16-15(17)12-5-6-19-9-12/h5-6,9-11,13,15-16H,3-4,7-8H2,1-2H3. The molecule has 1 aliphatic heterocycles. The van der Waals surface area contributed by atoms with Gasteiger partial charge in [0.2, 0.25) is 5.91 Å². The molecule has 0 bridgehead atoms. The molecule has 4 heteroatoms. The minimum absolute atomic E-state index is 0.0969. The topological polar surface area (TPSA) is 32.3 Å². The van der Waals surface area contributed by atoms with E-state index in [2.05, 4.69) is 40.9 Å². The zero-order valence-electron chi connectivity index (χ0n) is 11.6. The lowest BCUT2D eigenvalue weighted by atomic mass is 9.79. The van der Waals surface area contributed by atoms with E-state index < -0.39 is 0 Å². The number of hydrogen-bond acceptors (Lipinski definition) is 3. The Morgan fingerprint density at radius 3 is 2.89 bits per heavy atom. The van der Waals surface area contributed by atoms with E-state index in [1.165, 1.54) is 18.4 Å². The molecule has 3 nitrogen and oxygen atoms in total. The summed E-state index contributed by atoms with van der Waals surface area (Å²) in [6.07, 6.45) is 3.73. The van der Waals surface area contributed by atoms with Crippen LogP contribution in [0.5, 0.6) is 0 Å². The first-order valence-corrected chi connectivity index (χ1v) is 8.17. The molecule has 4 unspecified atom stereocenters. The first-order valence-electron chi connectivity index (χ1n) is 7.23. The fourth-order valence-electron chi connectivity index (χ4n) is 3.67.